The molecule has 33 heavy (non-hydrogen) atoms. The molecule has 2 aromatic rings. The molecule has 4 N–H and O–H groups in total. The summed E-state index contributed by atoms with van der Waals surface area (Å²) in [6, 6.07) is -0.937. The van der Waals surface area contributed by atoms with E-state index in [0.29, 0.717) is 17.2 Å². The van der Waals surface area contributed by atoms with Crippen LogP contribution in [0.2, 0.25) is 0 Å². The number of aliphatic carboxylic acids is 1. The number of thioether (sulfide) groups is 1. The zero-order valence-electron chi connectivity index (χ0n) is 16.8. The molecule has 2 aliphatic rings. The van der Waals surface area contributed by atoms with Crippen molar-refractivity contribution in [2.24, 2.45) is 5.16 Å². The second-order valence-electron chi connectivity index (χ2n) is 6.68. The summed E-state index contributed by atoms with van der Waals surface area (Å²) < 4.78 is 0. The second kappa shape index (κ2) is 10.2. The number of carbonyl (C=O) groups excluding carboxylic acids is 2. The van der Waals surface area contributed by atoms with Crippen molar-refractivity contribution < 1.29 is 24.3 Å². The maximum absolute atomic E-state index is 12.8. The van der Waals surface area contributed by atoms with Gasteiger partial charge in [-0.25, -0.2) is 9.78 Å². The van der Waals surface area contributed by atoms with Gasteiger partial charge in [0.1, 0.15) is 29.9 Å². The van der Waals surface area contributed by atoms with Gasteiger partial charge >= 0.3 is 35.5 Å². The molecule has 0 radical (unpaired) electrons. The molecule has 0 saturated carbocycles. The van der Waals surface area contributed by atoms with Gasteiger partial charge in [-0.2, -0.15) is 4.80 Å². The molecule has 2 aromatic heterocycles. The van der Waals surface area contributed by atoms with Gasteiger partial charge in [-0.3, -0.25) is 14.5 Å². The number of aromatic nitrogens is 5. The first-order valence-corrected chi connectivity index (χ1v) is 11.0. The van der Waals surface area contributed by atoms with Gasteiger partial charge in [-0.05, 0) is 17.7 Å². The Balaban J connectivity index is 0.00000306. The Hall–Kier alpha value is -2.53. The predicted molar refractivity (Wildman–Crippen MR) is 119 cm³/mol. The molecule has 0 aromatic carbocycles. The number of hydrogen-bond donors (Lipinski definition) is 3. The summed E-state index contributed by atoms with van der Waals surface area (Å²) in [6.45, 7) is 1.74. The van der Waals surface area contributed by atoms with E-state index in [9.17, 15) is 19.5 Å². The van der Waals surface area contributed by atoms with Crippen LogP contribution in [0.5, 0.6) is 0 Å². The fourth-order valence-corrected chi connectivity index (χ4v) is 5.15. The Kier molecular flexibility index (Phi) is 7.73. The van der Waals surface area contributed by atoms with Crippen molar-refractivity contribution >= 4 is 81.3 Å². The second-order valence-corrected chi connectivity index (χ2v) is 8.67. The van der Waals surface area contributed by atoms with E-state index in [1.807, 2.05) is 0 Å². The van der Waals surface area contributed by atoms with Crippen LogP contribution in [-0.4, -0.2) is 113 Å². The molecule has 1 saturated heterocycles. The average molecular weight is 504 g/mol. The van der Waals surface area contributed by atoms with Gasteiger partial charge in [0.2, 0.25) is 0 Å². The SMILES string of the molecule is CO/N=C(/C(=O)N[C@@H]1C(=O)N2C(C(=O)O)=C(Cn3nnc(C)n3)CS[C@H]12)c1csc(N)n1.[NaH]. The normalized spacial score (nSPS) is 20.0. The van der Waals surface area contributed by atoms with Crippen molar-refractivity contribution in [2.45, 2.75) is 24.9 Å². The monoisotopic (exact) mass is 503 g/mol. The average Bonchev–Trinajstić information content (AvgIpc) is 3.37. The molecule has 14 nitrogen and oxygen atoms in total. The van der Waals surface area contributed by atoms with Crippen LogP contribution in [0.4, 0.5) is 5.13 Å². The van der Waals surface area contributed by atoms with Gasteiger partial charge in [0, 0.05) is 11.1 Å². The number of fused-ring (bicyclic) bond motifs is 1. The van der Waals surface area contributed by atoms with Crippen LogP contribution in [0.15, 0.2) is 21.8 Å². The minimum absolute atomic E-state index is 0. The molecule has 4 rings (SSSR count). The number of aryl methyl sites for hydroxylation is 1. The number of thiazole rings is 1. The topological polar surface area (TPSA) is 191 Å². The van der Waals surface area contributed by atoms with E-state index in [1.54, 1.807) is 6.92 Å². The van der Waals surface area contributed by atoms with Crippen molar-refractivity contribution in [3.05, 3.63) is 28.2 Å². The van der Waals surface area contributed by atoms with Crippen LogP contribution < -0.4 is 11.1 Å². The molecule has 1 fully saturated rings. The Morgan fingerprint density at radius 3 is 2.79 bits per heavy atom. The molecule has 2 atom stereocenters. The minimum atomic E-state index is -1.25. The van der Waals surface area contributed by atoms with Gasteiger partial charge in [0.05, 0.1) is 6.54 Å². The number of nitrogen functional groups attached to an aromatic ring is 1. The molecule has 0 unspecified atom stereocenters. The molecular weight excluding hydrogens is 485 g/mol. The predicted octanol–water partition coefficient (Wildman–Crippen LogP) is -1.84. The summed E-state index contributed by atoms with van der Waals surface area (Å²) in [7, 11) is 1.27. The van der Waals surface area contributed by atoms with Crippen LogP contribution in [0.3, 0.4) is 0 Å². The van der Waals surface area contributed by atoms with E-state index < -0.39 is 29.2 Å². The molecule has 2 aliphatic heterocycles. The Morgan fingerprint density at radius 1 is 1.45 bits per heavy atom. The van der Waals surface area contributed by atoms with E-state index in [4.69, 9.17) is 10.6 Å². The summed E-state index contributed by atoms with van der Waals surface area (Å²) >= 11 is 2.44. The summed E-state index contributed by atoms with van der Waals surface area (Å²) in [5.41, 5.74) is 6.00. The van der Waals surface area contributed by atoms with Gasteiger partial charge in [0.15, 0.2) is 16.7 Å². The molecular formula is C16H18N9NaO5S2. The van der Waals surface area contributed by atoms with Gasteiger partial charge in [-0.1, -0.05) is 5.16 Å². The number of rotatable bonds is 7. The maximum atomic E-state index is 12.8. The number of carboxylic acid groups (broad SMARTS) is 1. The number of anilines is 1. The molecule has 17 heteroatoms. The zero-order chi connectivity index (χ0) is 23.0. The summed E-state index contributed by atoms with van der Waals surface area (Å²) in [4.78, 5) is 48.7. The fourth-order valence-electron chi connectivity index (χ4n) is 3.27. The Labute approximate surface area is 216 Å². The van der Waals surface area contributed by atoms with Crippen molar-refractivity contribution in [3.8, 4) is 0 Å². The number of nitrogens with zero attached hydrogens (tertiary/aromatic N) is 7. The van der Waals surface area contributed by atoms with Crippen LogP contribution in [0.1, 0.15) is 11.5 Å². The Bertz CT molecular complexity index is 1160. The first-order chi connectivity index (χ1) is 15.3. The summed E-state index contributed by atoms with van der Waals surface area (Å²) in [5, 5.41) is 28.9. The number of carboxylic acids is 1. The molecule has 0 spiro atoms. The van der Waals surface area contributed by atoms with E-state index in [-0.39, 0.29) is 58.3 Å². The van der Waals surface area contributed by atoms with Gasteiger partial charge in [-0.15, -0.1) is 33.3 Å². The van der Waals surface area contributed by atoms with Gasteiger partial charge < -0.3 is 21.0 Å². The number of amides is 2. The third kappa shape index (κ3) is 4.89. The van der Waals surface area contributed by atoms with Gasteiger partial charge in [0.25, 0.3) is 11.8 Å². The third-order valence-electron chi connectivity index (χ3n) is 4.58. The van der Waals surface area contributed by atoms with Crippen molar-refractivity contribution in [2.75, 3.05) is 18.6 Å². The van der Waals surface area contributed by atoms with Crippen molar-refractivity contribution in [3.63, 3.8) is 0 Å². The number of nitrogens with one attached hydrogen (secondary N) is 1. The van der Waals surface area contributed by atoms with E-state index in [0.717, 1.165) is 16.2 Å². The summed E-state index contributed by atoms with van der Waals surface area (Å²) in [5.74, 6) is -1.74. The summed E-state index contributed by atoms with van der Waals surface area (Å²) in [6.07, 6.45) is 0. The van der Waals surface area contributed by atoms with Crippen molar-refractivity contribution in [1.82, 2.24) is 35.4 Å². The first kappa shape index (κ1) is 25.1. The molecule has 170 valence electrons. The Morgan fingerprint density at radius 2 is 2.21 bits per heavy atom. The van der Waals surface area contributed by atoms with E-state index in [2.05, 4.69) is 30.9 Å². The number of β-lactam (4-membered cyclic amide) rings is 1. The quantitative estimate of drug-likeness (QED) is 0.166. The third-order valence-corrected chi connectivity index (χ3v) is 6.60. The molecule has 2 amide bonds. The molecule has 0 bridgehead atoms. The first-order valence-electron chi connectivity index (χ1n) is 9.08. The van der Waals surface area contributed by atoms with Crippen LogP contribution in [0, 0.1) is 6.92 Å². The number of tetrazole rings is 1. The van der Waals surface area contributed by atoms with E-state index >= 15 is 0 Å². The van der Waals surface area contributed by atoms with Crippen LogP contribution in [-0.2, 0) is 25.8 Å². The standard InChI is InChI=1S/C16H17N9O5S2.Na.H/c1-6-20-23-24(21-6)3-7-4-31-14-10(13(27)25(14)11(7)15(28)29)19-12(26)9(22-30-2)8-5-32-16(17)18-8;;/h5,10,14H,3-4H2,1-2H3,(H2,17,18)(H,19,26)(H,28,29);;/b22-9+;;/t10-,14-;;/m1../s1. The molecule has 0 aliphatic carbocycles. The fraction of sp³-hybridized carbons (Fsp3) is 0.375. The number of hydrogen-bond acceptors (Lipinski definition) is 12. The molecule has 4 heterocycles. The van der Waals surface area contributed by atoms with Crippen LogP contribution >= 0.6 is 23.1 Å². The number of carbonyl (C=O) groups is 3. The number of oxime groups is 1. The van der Waals surface area contributed by atoms with Crippen molar-refractivity contribution in [1.29, 1.82) is 0 Å². The van der Waals surface area contributed by atoms with E-state index in [1.165, 1.54) is 29.0 Å². The van der Waals surface area contributed by atoms with Crippen LogP contribution in [0.25, 0.3) is 0 Å². The number of nitrogens with two attached hydrogens (primary N) is 1. The zero-order valence-corrected chi connectivity index (χ0v) is 18.4.